The molecule has 15 nitrogen and oxygen atoms in total. The van der Waals surface area contributed by atoms with Crippen LogP contribution in [0.15, 0.2) is 0 Å². The zero-order valence-electron chi connectivity index (χ0n) is 11.4. The van der Waals surface area contributed by atoms with Gasteiger partial charge in [0.2, 0.25) is 0 Å². The number of hydrogen-bond acceptors (Lipinski definition) is 11. The molecule has 0 bridgehead atoms. The monoisotopic (exact) mass is 420 g/mol. The summed E-state index contributed by atoms with van der Waals surface area (Å²) in [4.78, 5) is 45.3. The highest BCUT2D eigenvalue weighted by atomic mass is 31.3. The molecule has 0 aliphatic heterocycles. The van der Waals surface area contributed by atoms with Crippen LogP contribution in [-0.4, -0.2) is 77.3 Å². The lowest BCUT2D eigenvalue weighted by molar-refractivity contribution is -0.142. The Hall–Kier alpha value is -0.0800. The van der Waals surface area contributed by atoms with Crippen molar-refractivity contribution in [3.05, 3.63) is 0 Å². The van der Waals surface area contributed by atoms with Crippen LogP contribution < -0.4 is 0 Å². The van der Waals surface area contributed by atoms with Gasteiger partial charge in [-0.15, -0.1) is 0 Å². The highest BCUT2D eigenvalue weighted by molar-refractivity contribution is 7.66. The third kappa shape index (κ3) is 9.42. The molecule has 0 aromatic rings. The lowest BCUT2D eigenvalue weighted by atomic mass is 10.1. The normalized spacial score (nSPS) is 21.3. The van der Waals surface area contributed by atoms with Crippen molar-refractivity contribution < 1.29 is 71.6 Å². The highest BCUT2D eigenvalue weighted by Gasteiger charge is 2.41. The molecule has 18 heteroatoms. The first-order valence-corrected chi connectivity index (χ1v) is 10.1. The quantitative estimate of drug-likeness (QED) is 0.155. The zero-order valence-corrected chi connectivity index (χ0v) is 14.1. The molecule has 0 heterocycles. The van der Waals surface area contributed by atoms with Crippen molar-refractivity contribution >= 4 is 29.3 Å². The van der Waals surface area contributed by atoms with Crippen LogP contribution >= 0.6 is 23.5 Å². The molecular weight excluding hydrogens is 405 g/mol. The van der Waals surface area contributed by atoms with Crippen LogP contribution in [0.4, 0.5) is 0 Å². The van der Waals surface area contributed by atoms with E-state index >= 15 is 0 Å². The SMILES string of the molecule is O=C(CO)[C@@H](O)[C@H](O)[C@H](O)COP(=O)(O)OP(=O)(O)OP(=O)(O)O. The fourth-order valence-electron chi connectivity index (χ4n) is 1.07. The van der Waals surface area contributed by atoms with E-state index in [0.29, 0.717) is 0 Å². The minimum atomic E-state index is -5.74. The minimum Gasteiger partial charge on any atom is -0.388 e. The number of rotatable bonds is 11. The first kappa shape index (κ1) is 23.9. The Morgan fingerprint density at radius 3 is 1.83 bits per heavy atom. The maximum atomic E-state index is 11.3. The van der Waals surface area contributed by atoms with Crippen LogP contribution in [-0.2, 0) is 31.6 Å². The van der Waals surface area contributed by atoms with Crippen LogP contribution in [0.5, 0.6) is 0 Å². The zero-order chi connectivity index (χ0) is 19.3. The summed E-state index contributed by atoms with van der Waals surface area (Å²) in [6, 6.07) is 0. The molecular formula is C6H15O15P3. The molecule has 8 N–H and O–H groups in total. The summed E-state index contributed by atoms with van der Waals surface area (Å²) in [7, 11) is -16.8. The predicted molar refractivity (Wildman–Crippen MR) is 69.9 cm³/mol. The molecule has 0 fully saturated rings. The largest absolute Gasteiger partial charge is 0.490 e. The van der Waals surface area contributed by atoms with Gasteiger partial charge in [-0.3, -0.25) is 9.32 Å². The van der Waals surface area contributed by atoms with Crippen molar-refractivity contribution in [2.75, 3.05) is 13.2 Å². The highest BCUT2D eigenvalue weighted by Crippen LogP contribution is 2.66. The Bertz CT molecular complexity index is 568. The van der Waals surface area contributed by atoms with Crippen molar-refractivity contribution in [1.29, 1.82) is 0 Å². The number of hydrogen-bond donors (Lipinski definition) is 8. The minimum absolute atomic E-state index is 1.18. The third-order valence-electron chi connectivity index (χ3n) is 2.03. The first-order valence-electron chi connectivity index (χ1n) is 5.56. The van der Waals surface area contributed by atoms with Crippen molar-refractivity contribution in [3.8, 4) is 0 Å². The molecule has 144 valence electrons. The summed E-state index contributed by atoms with van der Waals surface area (Å²) in [5, 5.41) is 36.3. The number of phosphoric acid groups is 3. The van der Waals surface area contributed by atoms with Crippen LogP contribution in [0.25, 0.3) is 0 Å². The second-order valence-corrected chi connectivity index (χ2v) is 8.43. The van der Waals surface area contributed by atoms with E-state index in [9.17, 15) is 33.8 Å². The van der Waals surface area contributed by atoms with Crippen molar-refractivity contribution in [1.82, 2.24) is 0 Å². The molecule has 0 aliphatic rings. The van der Waals surface area contributed by atoms with E-state index in [2.05, 4.69) is 13.1 Å². The molecule has 0 spiro atoms. The number of aliphatic hydroxyl groups is 4. The van der Waals surface area contributed by atoms with Gasteiger partial charge in [0.05, 0.1) is 6.61 Å². The molecule has 0 aromatic carbocycles. The molecule has 0 aliphatic carbocycles. The summed E-state index contributed by atoms with van der Waals surface area (Å²) >= 11 is 0. The van der Waals surface area contributed by atoms with Crippen LogP contribution in [0.3, 0.4) is 0 Å². The average molecular weight is 420 g/mol. The summed E-state index contributed by atoms with van der Waals surface area (Å²) < 4.78 is 43.3. The Labute approximate surface area is 133 Å². The van der Waals surface area contributed by atoms with Gasteiger partial charge in [-0.2, -0.15) is 8.62 Å². The third-order valence-corrected chi connectivity index (χ3v) is 5.83. The summed E-state index contributed by atoms with van der Waals surface area (Å²) in [6.45, 7) is -2.51. The van der Waals surface area contributed by atoms with Crippen molar-refractivity contribution in [3.63, 3.8) is 0 Å². The maximum Gasteiger partial charge on any atom is 0.490 e. The molecule has 24 heavy (non-hydrogen) atoms. The van der Waals surface area contributed by atoms with E-state index in [1.165, 1.54) is 0 Å². The van der Waals surface area contributed by atoms with Crippen molar-refractivity contribution in [2.24, 2.45) is 0 Å². The van der Waals surface area contributed by atoms with E-state index in [-0.39, 0.29) is 0 Å². The molecule has 0 aromatic heterocycles. The number of carbonyl (C=O) groups is 1. The van der Waals surface area contributed by atoms with Gasteiger partial charge in [-0.25, -0.2) is 13.7 Å². The molecule has 0 saturated carbocycles. The Morgan fingerprint density at radius 1 is 0.917 bits per heavy atom. The van der Waals surface area contributed by atoms with Gasteiger partial charge in [0, 0.05) is 0 Å². The van der Waals surface area contributed by atoms with Gasteiger partial charge in [-0.05, 0) is 0 Å². The van der Waals surface area contributed by atoms with E-state index in [4.69, 9.17) is 24.7 Å². The molecule has 0 rings (SSSR count). The van der Waals surface area contributed by atoms with Crippen LogP contribution in [0.2, 0.25) is 0 Å². The fourth-order valence-corrected chi connectivity index (χ4v) is 4.10. The molecule has 5 atom stereocenters. The number of phosphoric ester groups is 1. The number of carbonyl (C=O) groups excluding carboxylic acids is 1. The van der Waals surface area contributed by atoms with Gasteiger partial charge >= 0.3 is 23.5 Å². The summed E-state index contributed by atoms with van der Waals surface area (Å²) in [5.74, 6) is -1.29. The van der Waals surface area contributed by atoms with Crippen LogP contribution in [0.1, 0.15) is 0 Å². The summed E-state index contributed by atoms with van der Waals surface area (Å²) in [6.07, 6.45) is -6.73. The summed E-state index contributed by atoms with van der Waals surface area (Å²) in [5.41, 5.74) is 0. The second kappa shape index (κ2) is 9.03. The molecule has 0 radical (unpaired) electrons. The van der Waals surface area contributed by atoms with Crippen molar-refractivity contribution in [2.45, 2.75) is 18.3 Å². The fraction of sp³-hybridized carbons (Fsp3) is 0.833. The van der Waals surface area contributed by atoms with Gasteiger partial charge in [0.25, 0.3) is 0 Å². The topological polar surface area (TPSA) is 258 Å². The van der Waals surface area contributed by atoms with Crippen LogP contribution in [0, 0.1) is 0 Å². The molecule has 2 unspecified atom stereocenters. The maximum absolute atomic E-state index is 11.3. The Kier molecular flexibility index (Phi) is 9.00. The molecule has 0 amide bonds. The number of ketones is 1. The number of Topliss-reactive ketones (excluding diaryl/α,β-unsaturated/α-hetero) is 1. The first-order chi connectivity index (χ1) is 10.6. The van der Waals surface area contributed by atoms with E-state index in [0.717, 1.165) is 0 Å². The van der Waals surface area contributed by atoms with E-state index < -0.39 is 60.8 Å². The van der Waals surface area contributed by atoms with E-state index in [1.54, 1.807) is 0 Å². The lowest BCUT2D eigenvalue weighted by Gasteiger charge is -2.22. The van der Waals surface area contributed by atoms with Gasteiger partial charge in [0.15, 0.2) is 5.78 Å². The predicted octanol–water partition coefficient (Wildman–Crippen LogP) is -3.03. The molecule has 0 saturated heterocycles. The Morgan fingerprint density at radius 2 is 1.42 bits per heavy atom. The van der Waals surface area contributed by atoms with Gasteiger partial charge in [0.1, 0.15) is 24.9 Å². The second-order valence-electron chi connectivity index (χ2n) is 4.01. The average Bonchev–Trinajstić information content (AvgIpc) is 2.38. The smallest absolute Gasteiger partial charge is 0.388 e. The Balaban J connectivity index is 4.72. The number of aliphatic hydroxyl groups excluding tert-OH is 4. The van der Waals surface area contributed by atoms with E-state index in [1.807, 2.05) is 0 Å². The van der Waals surface area contributed by atoms with Gasteiger partial charge < -0.3 is 40.0 Å². The van der Waals surface area contributed by atoms with Gasteiger partial charge in [-0.1, -0.05) is 0 Å². The lowest BCUT2D eigenvalue weighted by Crippen LogP contribution is -2.45. The standard InChI is InChI=1S/C6H15O15P3/c7-1-3(8)5(10)6(11)4(9)2-19-23(15,16)21-24(17,18)20-22(12,13)14/h4-7,9-11H,1-2H2,(H,15,16)(H,17,18)(H2,12,13,14)/t4-,5-,6-/m1/s1.